The van der Waals surface area contributed by atoms with Gasteiger partial charge in [0.2, 0.25) is 0 Å². The Bertz CT molecular complexity index is 560. The van der Waals surface area contributed by atoms with Crippen molar-refractivity contribution in [2.75, 3.05) is 18.4 Å². The van der Waals surface area contributed by atoms with Crippen molar-refractivity contribution >= 4 is 11.5 Å². The molecule has 2 aromatic rings. The Hall–Kier alpha value is -1.89. The van der Waals surface area contributed by atoms with Gasteiger partial charge in [-0.3, -0.25) is 0 Å². The number of nitrogens with one attached hydrogen (secondary N) is 2. The van der Waals surface area contributed by atoms with E-state index in [9.17, 15) is 4.79 Å². The number of rotatable bonds is 6. The molecule has 0 amide bonds. The molecule has 0 saturated heterocycles. The summed E-state index contributed by atoms with van der Waals surface area (Å²) in [7, 11) is 0. The highest BCUT2D eigenvalue weighted by Gasteiger charge is 2.03. The molecule has 2 aromatic heterocycles. The smallest absolute Gasteiger partial charge is 0.364 e. The first kappa shape index (κ1) is 12.6. The first-order chi connectivity index (χ1) is 8.70. The highest BCUT2D eigenvalue weighted by molar-refractivity contribution is 5.42. The van der Waals surface area contributed by atoms with E-state index in [0.29, 0.717) is 23.9 Å². The lowest BCUT2D eigenvalue weighted by atomic mass is 10.1. The number of aromatic amines is 1. The summed E-state index contributed by atoms with van der Waals surface area (Å²) < 4.78 is 1.24. The van der Waals surface area contributed by atoms with Crippen molar-refractivity contribution in [3.63, 3.8) is 0 Å². The molecule has 7 nitrogen and oxygen atoms in total. The maximum atomic E-state index is 11.3. The molecule has 0 aliphatic rings. The second kappa shape index (κ2) is 5.63. The van der Waals surface area contributed by atoms with Crippen molar-refractivity contribution in [2.24, 2.45) is 11.7 Å². The van der Waals surface area contributed by atoms with Gasteiger partial charge in [0.15, 0.2) is 5.65 Å². The zero-order chi connectivity index (χ0) is 13.0. The Morgan fingerprint density at radius 1 is 1.56 bits per heavy atom. The predicted octanol–water partition coefficient (Wildman–Crippen LogP) is 0.205. The summed E-state index contributed by atoms with van der Waals surface area (Å²) in [5.41, 5.74) is 5.74. The van der Waals surface area contributed by atoms with Crippen LogP contribution < -0.4 is 16.7 Å². The van der Waals surface area contributed by atoms with Gasteiger partial charge in [-0.05, 0) is 37.4 Å². The number of nitrogens with two attached hydrogens (primary N) is 1. The molecule has 0 aliphatic carbocycles. The van der Waals surface area contributed by atoms with Crippen molar-refractivity contribution in [3.8, 4) is 0 Å². The maximum absolute atomic E-state index is 11.3. The van der Waals surface area contributed by atoms with Crippen LogP contribution in [0.2, 0.25) is 0 Å². The third-order valence-corrected chi connectivity index (χ3v) is 2.86. The van der Waals surface area contributed by atoms with Crippen LogP contribution in [0, 0.1) is 5.92 Å². The zero-order valence-electron chi connectivity index (χ0n) is 10.4. The minimum absolute atomic E-state index is 0.328. The molecule has 0 saturated carbocycles. The topological polar surface area (TPSA) is 101 Å². The third-order valence-electron chi connectivity index (χ3n) is 2.86. The molecule has 2 rings (SSSR count). The quantitative estimate of drug-likeness (QED) is 0.636. The molecular formula is C11H18N6O. The van der Waals surface area contributed by atoms with Crippen molar-refractivity contribution in [1.29, 1.82) is 0 Å². The van der Waals surface area contributed by atoms with Gasteiger partial charge in [0.25, 0.3) is 0 Å². The number of fused-ring (bicyclic) bond motifs is 1. The number of H-pyrrole nitrogens is 1. The van der Waals surface area contributed by atoms with Crippen LogP contribution >= 0.6 is 0 Å². The average Bonchev–Trinajstić information content (AvgIpc) is 2.76. The molecule has 0 aromatic carbocycles. The Morgan fingerprint density at radius 3 is 3.17 bits per heavy atom. The molecule has 0 radical (unpaired) electrons. The minimum atomic E-state index is -0.328. The molecule has 7 heteroatoms. The summed E-state index contributed by atoms with van der Waals surface area (Å²) in [4.78, 5) is 11.3. The van der Waals surface area contributed by atoms with Gasteiger partial charge in [-0.25, -0.2) is 9.89 Å². The van der Waals surface area contributed by atoms with Crippen LogP contribution in [0.4, 0.5) is 5.82 Å². The van der Waals surface area contributed by atoms with Crippen molar-refractivity contribution < 1.29 is 0 Å². The van der Waals surface area contributed by atoms with Crippen molar-refractivity contribution in [1.82, 2.24) is 19.8 Å². The van der Waals surface area contributed by atoms with E-state index in [1.165, 1.54) is 4.52 Å². The number of nitrogens with zero attached hydrogens (tertiary/aromatic N) is 3. The van der Waals surface area contributed by atoms with Gasteiger partial charge in [0.05, 0.1) is 0 Å². The lowest BCUT2D eigenvalue weighted by molar-refractivity contribution is 0.529. The lowest BCUT2D eigenvalue weighted by Crippen LogP contribution is -2.15. The van der Waals surface area contributed by atoms with E-state index in [0.717, 1.165) is 19.4 Å². The van der Waals surface area contributed by atoms with Crippen LogP contribution in [-0.4, -0.2) is 32.9 Å². The Balaban J connectivity index is 1.91. The summed E-state index contributed by atoms with van der Waals surface area (Å²) in [6, 6.07) is 3.55. The Kier molecular flexibility index (Phi) is 3.93. The van der Waals surface area contributed by atoms with Crippen LogP contribution in [0.5, 0.6) is 0 Å². The van der Waals surface area contributed by atoms with E-state index in [-0.39, 0.29) is 5.69 Å². The molecule has 0 bridgehead atoms. The molecule has 4 N–H and O–H groups in total. The standard InChI is InChI=1S/C11H18N6O/c1-8(7-12)3-2-6-13-9-4-5-10-14-15-11(18)17(10)16-9/h4-5,8H,2-3,6-7,12H2,1H3,(H,13,16)(H,15,18). The fourth-order valence-corrected chi connectivity index (χ4v) is 1.68. The summed E-state index contributed by atoms with van der Waals surface area (Å²) in [6.07, 6.45) is 2.11. The van der Waals surface area contributed by atoms with Gasteiger partial charge in [-0.2, -0.15) is 9.61 Å². The van der Waals surface area contributed by atoms with Crippen molar-refractivity contribution in [2.45, 2.75) is 19.8 Å². The largest absolute Gasteiger partial charge is 0.369 e. The molecule has 18 heavy (non-hydrogen) atoms. The van der Waals surface area contributed by atoms with Crippen LogP contribution in [0.25, 0.3) is 5.65 Å². The summed E-state index contributed by atoms with van der Waals surface area (Å²) in [5.74, 6) is 1.21. The molecule has 1 unspecified atom stereocenters. The van der Waals surface area contributed by atoms with E-state index >= 15 is 0 Å². The third kappa shape index (κ3) is 2.86. The van der Waals surface area contributed by atoms with Crippen LogP contribution in [0.3, 0.4) is 0 Å². The highest BCUT2D eigenvalue weighted by Crippen LogP contribution is 2.06. The molecule has 2 heterocycles. The molecule has 98 valence electrons. The Labute approximate surface area is 104 Å². The molecule has 1 atom stereocenters. The first-order valence-electron chi connectivity index (χ1n) is 6.09. The summed E-state index contributed by atoms with van der Waals surface area (Å²) in [6.45, 7) is 3.67. The van der Waals surface area contributed by atoms with Gasteiger partial charge in [-0.15, -0.1) is 5.10 Å². The van der Waals surface area contributed by atoms with Gasteiger partial charge in [0, 0.05) is 6.54 Å². The highest BCUT2D eigenvalue weighted by atomic mass is 16.2. The molecule has 0 aliphatic heterocycles. The van der Waals surface area contributed by atoms with E-state index in [1.807, 2.05) is 6.07 Å². The second-order valence-electron chi connectivity index (χ2n) is 4.43. The SMILES string of the molecule is CC(CN)CCCNc1ccc2n[nH]c(=O)n2n1. The van der Waals surface area contributed by atoms with Crippen molar-refractivity contribution in [3.05, 3.63) is 22.6 Å². The van der Waals surface area contributed by atoms with Crippen LogP contribution in [0.15, 0.2) is 16.9 Å². The van der Waals surface area contributed by atoms with Crippen LogP contribution in [-0.2, 0) is 0 Å². The van der Waals surface area contributed by atoms with Crippen LogP contribution in [0.1, 0.15) is 19.8 Å². The first-order valence-corrected chi connectivity index (χ1v) is 6.09. The fraction of sp³-hybridized carbons (Fsp3) is 0.545. The molecule has 0 fully saturated rings. The number of hydrogen-bond acceptors (Lipinski definition) is 5. The number of anilines is 1. The molecular weight excluding hydrogens is 232 g/mol. The van der Waals surface area contributed by atoms with Gasteiger partial charge in [0.1, 0.15) is 5.82 Å². The lowest BCUT2D eigenvalue weighted by Gasteiger charge is -2.08. The monoisotopic (exact) mass is 250 g/mol. The van der Waals surface area contributed by atoms with E-state index < -0.39 is 0 Å². The summed E-state index contributed by atoms with van der Waals surface area (Å²) in [5, 5.41) is 13.5. The predicted molar refractivity (Wildman–Crippen MR) is 69.5 cm³/mol. The fourth-order valence-electron chi connectivity index (χ4n) is 1.68. The van der Waals surface area contributed by atoms with E-state index in [4.69, 9.17) is 5.73 Å². The zero-order valence-corrected chi connectivity index (χ0v) is 10.4. The molecule has 0 spiro atoms. The second-order valence-corrected chi connectivity index (χ2v) is 4.43. The van der Waals surface area contributed by atoms with Gasteiger partial charge < -0.3 is 11.1 Å². The number of aromatic nitrogens is 4. The van der Waals surface area contributed by atoms with E-state index in [1.54, 1.807) is 6.07 Å². The average molecular weight is 250 g/mol. The number of hydrogen-bond donors (Lipinski definition) is 3. The van der Waals surface area contributed by atoms with Gasteiger partial charge in [-0.1, -0.05) is 6.92 Å². The van der Waals surface area contributed by atoms with Gasteiger partial charge >= 0.3 is 5.69 Å². The summed E-state index contributed by atoms with van der Waals surface area (Å²) >= 11 is 0. The Morgan fingerprint density at radius 2 is 2.39 bits per heavy atom. The maximum Gasteiger partial charge on any atom is 0.364 e. The normalized spacial score (nSPS) is 12.8. The minimum Gasteiger partial charge on any atom is -0.369 e. The van der Waals surface area contributed by atoms with E-state index in [2.05, 4.69) is 27.5 Å².